The van der Waals surface area contributed by atoms with E-state index in [-0.39, 0.29) is 0 Å². The van der Waals surface area contributed by atoms with E-state index in [4.69, 9.17) is 26.4 Å². The first-order valence-corrected chi connectivity index (χ1v) is 10.2. The van der Waals surface area contributed by atoms with E-state index in [9.17, 15) is 10.1 Å². The number of carbonyl (C=O) groups excluding carboxylic acids is 1. The van der Waals surface area contributed by atoms with E-state index in [1.807, 2.05) is 25.1 Å². The Balaban J connectivity index is 1.94. The fourth-order valence-corrected chi connectivity index (χ4v) is 3.69. The molecule has 1 atom stereocenters. The molecule has 8 nitrogen and oxygen atoms in total. The van der Waals surface area contributed by atoms with Crippen LogP contribution >= 0.6 is 11.6 Å². The number of aromatic nitrogens is 4. The van der Waals surface area contributed by atoms with Gasteiger partial charge in [0, 0.05) is 17.5 Å². The summed E-state index contributed by atoms with van der Waals surface area (Å²) in [7, 11) is 1.34. The highest BCUT2D eigenvalue weighted by Crippen LogP contribution is 2.36. The van der Waals surface area contributed by atoms with E-state index in [0.717, 1.165) is 22.4 Å². The fraction of sp³-hybridized carbons (Fsp3) is 0.174. The Bertz CT molecular complexity index is 1350. The number of pyridine rings is 1. The van der Waals surface area contributed by atoms with Crippen LogP contribution in [-0.4, -0.2) is 38.7 Å². The van der Waals surface area contributed by atoms with Crippen molar-refractivity contribution in [1.82, 2.24) is 19.6 Å². The lowest BCUT2D eigenvalue weighted by atomic mass is 10.00. The summed E-state index contributed by atoms with van der Waals surface area (Å²) in [5.74, 6) is 0.0942. The minimum Gasteiger partial charge on any atom is -0.467 e. The molecule has 4 aromatic rings. The minimum atomic E-state index is -0.578. The quantitative estimate of drug-likeness (QED) is 0.360. The van der Waals surface area contributed by atoms with Crippen LogP contribution < -0.4 is 5.32 Å². The van der Waals surface area contributed by atoms with Crippen molar-refractivity contribution in [3.63, 3.8) is 0 Å². The molecule has 0 aliphatic heterocycles. The van der Waals surface area contributed by atoms with Gasteiger partial charge in [0.2, 0.25) is 0 Å². The molecule has 0 saturated heterocycles. The van der Waals surface area contributed by atoms with Gasteiger partial charge in [-0.15, -0.1) is 0 Å². The van der Waals surface area contributed by atoms with Gasteiger partial charge in [0.15, 0.2) is 5.65 Å². The second kappa shape index (κ2) is 8.65. The van der Waals surface area contributed by atoms with Crippen molar-refractivity contribution in [1.29, 1.82) is 5.26 Å². The van der Waals surface area contributed by atoms with E-state index in [1.165, 1.54) is 7.11 Å². The normalized spacial score (nSPS) is 11.7. The van der Waals surface area contributed by atoms with Crippen molar-refractivity contribution in [2.24, 2.45) is 0 Å². The first-order chi connectivity index (χ1) is 15.4. The number of nitriles is 1. The third-order valence-electron chi connectivity index (χ3n) is 4.88. The monoisotopic (exact) mass is 446 g/mol. The molecule has 3 heterocycles. The van der Waals surface area contributed by atoms with Gasteiger partial charge in [0.1, 0.15) is 22.7 Å². The number of methoxy groups -OCH3 is 1. The molecule has 32 heavy (non-hydrogen) atoms. The number of halogens is 1. The summed E-state index contributed by atoms with van der Waals surface area (Å²) in [5.41, 5.74) is 4.78. The number of hydrogen-bond donors (Lipinski definition) is 1. The molecule has 0 unspecified atom stereocenters. The van der Waals surface area contributed by atoms with Crippen molar-refractivity contribution >= 4 is 29.0 Å². The van der Waals surface area contributed by atoms with Crippen molar-refractivity contribution < 1.29 is 9.53 Å². The average Bonchev–Trinajstić information content (AvgIpc) is 3.16. The van der Waals surface area contributed by atoms with Gasteiger partial charge in [0.05, 0.1) is 24.3 Å². The van der Waals surface area contributed by atoms with Crippen molar-refractivity contribution in [2.75, 3.05) is 12.4 Å². The highest BCUT2D eigenvalue weighted by atomic mass is 35.5. The first kappa shape index (κ1) is 21.3. The maximum Gasteiger partial charge on any atom is 0.328 e. The molecular weight excluding hydrogens is 428 g/mol. The number of aryl methyl sites for hydroxylation is 1. The van der Waals surface area contributed by atoms with Crippen LogP contribution in [-0.2, 0) is 9.53 Å². The number of esters is 1. The Morgan fingerprint density at radius 2 is 2.03 bits per heavy atom. The van der Waals surface area contributed by atoms with Crippen LogP contribution in [0.4, 0.5) is 5.82 Å². The van der Waals surface area contributed by atoms with Crippen LogP contribution in [0.5, 0.6) is 0 Å². The number of nitrogens with one attached hydrogen (secondary N) is 1. The average molecular weight is 447 g/mol. The molecule has 0 fully saturated rings. The number of benzene rings is 1. The number of rotatable bonds is 5. The van der Waals surface area contributed by atoms with Gasteiger partial charge in [-0.2, -0.15) is 10.4 Å². The molecule has 1 aromatic carbocycles. The predicted octanol–water partition coefficient (Wildman–Crippen LogP) is 4.27. The zero-order valence-electron chi connectivity index (χ0n) is 17.6. The molecule has 0 amide bonds. The smallest absolute Gasteiger partial charge is 0.328 e. The second-order valence-corrected chi connectivity index (χ2v) is 7.59. The highest BCUT2D eigenvalue weighted by molar-refractivity contribution is 6.29. The van der Waals surface area contributed by atoms with Gasteiger partial charge < -0.3 is 10.1 Å². The van der Waals surface area contributed by atoms with Crippen molar-refractivity contribution in [3.05, 3.63) is 65.1 Å². The summed E-state index contributed by atoms with van der Waals surface area (Å²) >= 11 is 6.25. The maximum absolute atomic E-state index is 11.8. The first-order valence-electron chi connectivity index (χ1n) is 9.78. The minimum absolute atomic E-state index is 0.352. The zero-order chi connectivity index (χ0) is 22.8. The molecule has 0 radical (unpaired) electrons. The van der Waals surface area contributed by atoms with E-state index >= 15 is 0 Å². The largest absolute Gasteiger partial charge is 0.467 e. The van der Waals surface area contributed by atoms with Crippen molar-refractivity contribution in [3.8, 4) is 28.5 Å². The lowest BCUT2D eigenvalue weighted by Crippen LogP contribution is -2.27. The summed E-state index contributed by atoms with van der Waals surface area (Å²) in [6.45, 7) is 3.55. The second-order valence-electron chi connectivity index (χ2n) is 7.21. The summed E-state index contributed by atoms with van der Waals surface area (Å²) < 4.78 is 6.43. The molecule has 9 heteroatoms. The van der Waals surface area contributed by atoms with Gasteiger partial charge in [0.25, 0.3) is 0 Å². The van der Waals surface area contributed by atoms with E-state index < -0.39 is 12.0 Å². The number of fused-ring (bicyclic) bond motifs is 1. The molecule has 160 valence electrons. The molecular formula is C23H19ClN6O2. The number of carbonyl (C=O) groups is 1. The van der Waals surface area contributed by atoms with Gasteiger partial charge in [-0.25, -0.2) is 19.3 Å². The SMILES string of the molecule is COC(=O)[C@H](C)Nc1ccn2nc(-c3cccc(C#N)c3)c(-c3cc(C)nc(Cl)c3)c2n1. The fourth-order valence-electron chi connectivity index (χ4n) is 3.44. The lowest BCUT2D eigenvalue weighted by molar-refractivity contribution is -0.141. The predicted molar refractivity (Wildman–Crippen MR) is 121 cm³/mol. The Labute approximate surface area is 189 Å². The molecule has 0 spiro atoms. The van der Waals surface area contributed by atoms with Gasteiger partial charge in [-0.3, -0.25) is 0 Å². The van der Waals surface area contributed by atoms with Gasteiger partial charge >= 0.3 is 5.97 Å². The van der Waals surface area contributed by atoms with E-state index in [1.54, 1.807) is 41.9 Å². The number of nitrogens with zero attached hydrogens (tertiary/aromatic N) is 5. The maximum atomic E-state index is 11.8. The molecule has 0 saturated carbocycles. The third kappa shape index (κ3) is 4.11. The van der Waals surface area contributed by atoms with Crippen LogP contribution in [0.3, 0.4) is 0 Å². The summed E-state index contributed by atoms with van der Waals surface area (Å²) in [5, 5.41) is 17.5. The third-order valence-corrected chi connectivity index (χ3v) is 5.07. The Morgan fingerprint density at radius 1 is 1.22 bits per heavy atom. The Hall–Kier alpha value is -3.96. The molecule has 0 aliphatic carbocycles. The van der Waals surface area contributed by atoms with Crippen LogP contribution in [0, 0.1) is 18.3 Å². The summed E-state index contributed by atoms with van der Waals surface area (Å²) in [6, 6.07) is 14.2. The summed E-state index contributed by atoms with van der Waals surface area (Å²) in [6.07, 6.45) is 1.76. The van der Waals surface area contributed by atoms with Crippen LogP contribution in [0.2, 0.25) is 5.15 Å². The number of hydrogen-bond acceptors (Lipinski definition) is 7. The highest BCUT2D eigenvalue weighted by Gasteiger charge is 2.20. The van der Waals surface area contributed by atoms with Gasteiger partial charge in [-0.05, 0) is 49.7 Å². The van der Waals surface area contributed by atoms with E-state index in [0.29, 0.717) is 27.9 Å². The molecule has 1 N–H and O–H groups in total. The lowest BCUT2D eigenvalue weighted by Gasteiger charge is -2.12. The van der Waals surface area contributed by atoms with Gasteiger partial charge in [-0.1, -0.05) is 23.7 Å². The zero-order valence-corrected chi connectivity index (χ0v) is 18.4. The molecule has 4 rings (SSSR count). The Kier molecular flexibility index (Phi) is 5.75. The number of ether oxygens (including phenoxy) is 1. The molecule has 0 bridgehead atoms. The van der Waals surface area contributed by atoms with Crippen LogP contribution in [0.25, 0.3) is 28.0 Å². The Morgan fingerprint density at radius 3 is 2.75 bits per heavy atom. The molecule has 0 aliphatic rings. The standard InChI is InChI=1S/C23H19ClN6O2/c1-13-9-17(11-18(24)26-13)20-21(16-6-4-5-15(10-16)12-25)29-30-8-7-19(28-22(20)30)27-14(2)23(31)32-3/h4-11,14H,1-3H3,(H,27,28)/t14-/m0/s1. The summed E-state index contributed by atoms with van der Waals surface area (Å²) in [4.78, 5) is 20.8. The van der Waals surface area contributed by atoms with Crippen LogP contribution in [0.1, 0.15) is 18.2 Å². The van der Waals surface area contributed by atoms with Crippen LogP contribution in [0.15, 0.2) is 48.7 Å². The van der Waals surface area contributed by atoms with E-state index in [2.05, 4.69) is 16.4 Å². The number of anilines is 1. The topological polar surface area (TPSA) is 105 Å². The molecule has 3 aromatic heterocycles. The van der Waals surface area contributed by atoms with Crippen molar-refractivity contribution in [2.45, 2.75) is 19.9 Å².